The van der Waals surface area contributed by atoms with Crippen molar-refractivity contribution in [1.82, 2.24) is 4.98 Å². The van der Waals surface area contributed by atoms with Crippen LogP contribution in [0.4, 0.5) is 11.5 Å². The predicted molar refractivity (Wildman–Crippen MR) is 82.6 cm³/mol. The first kappa shape index (κ1) is 13.4. The summed E-state index contributed by atoms with van der Waals surface area (Å²) in [6.45, 7) is 2.68. The summed E-state index contributed by atoms with van der Waals surface area (Å²) in [4.78, 5) is 4.28. The monoisotopic (exact) mass is 369 g/mol. The molecule has 0 aliphatic rings. The lowest BCUT2D eigenvalue weighted by Gasteiger charge is -2.11. The highest BCUT2D eigenvalue weighted by Crippen LogP contribution is 2.28. The van der Waals surface area contributed by atoms with Crippen LogP contribution in [0.15, 0.2) is 39.4 Å². The first-order valence-corrected chi connectivity index (χ1v) is 7.05. The summed E-state index contributed by atoms with van der Waals surface area (Å²) in [5.41, 5.74) is 8.67. The van der Waals surface area contributed by atoms with Gasteiger partial charge in [-0.1, -0.05) is 28.1 Å². The van der Waals surface area contributed by atoms with Gasteiger partial charge in [0.2, 0.25) is 0 Å². The maximum absolute atomic E-state index is 5.79. The maximum Gasteiger partial charge on any atom is 0.140 e. The molecule has 3 N–H and O–H groups in total. The highest BCUT2D eigenvalue weighted by atomic mass is 79.9. The van der Waals surface area contributed by atoms with E-state index in [1.807, 2.05) is 19.1 Å². The number of nitrogen functional groups attached to an aromatic ring is 1. The van der Waals surface area contributed by atoms with Crippen LogP contribution in [-0.4, -0.2) is 4.98 Å². The zero-order chi connectivity index (χ0) is 13.1. The van der Waals surface area contributed by atoms with Crippen LogP contribution in [0.3, 0.4) is 0 Å². The molecule has 0 radical (unpaired) electrons. The van der Waals surface area contributed by atoms with Gasteiger partial charge in [-0.25, -0.2) is 4.98 Å². The lowest BCUT2D eigenvalue weighted by atomic mass is 10.2. The highest BCUT2D eigenvalue weighted by molar-refractivity contribution is 9.11. The Bertz CT molecular complexity index is 570. The molecule has 2 rings (SSSR count). The molecule has 3 nitrogen and oxygen atoms in total. The molecule has 0 spiro atoms. The Morgan fingerprint density at radius 3 is 2.83 bits per heavy atom. The highest BCUT2D eigenvalue weighted by Gasteiger charge is 2.06. The van der Waals surface area contributed by atoms with Crippen LogP contribution in [0.25, 0.3) is 0 Å². The lowest BCUT2D eigenvalue weighted by Crippen LogP contribution is -2.04. The molecule has 1 heterocycles. The molecule has 94 valence electrons. The van der Waals surface area contributed by atoms with Gasteiger partial charge in [0.05, 0.1) is 16.4 Å². The standard InChI is InChI=1S/C13H13Br2N3/c1-8-11(16)7-18-13(12(8)15)17-6-9-3-2-4-10(14)5-9/h2-5,7H,6,16H2,1H3,(H,17,18). The molecule has 2 aromatic rings. The van der Waals surface area contributed by atoms with Crippen LogP contribution in [0.2, 0.25) is 0 Å². The smallest absolute Gasteiger partial charge is 0.140 e. The molecule has 0 aliphatic carbocycles. The van der Waals surface area contributed by atoms with E-state index in [0.717, 1.165) is 20.3 Å². The first-order valence-electron chi connectivity index (χ1n) is 5.47. The summed E-state index contributed by atoms with van der Waals surface area (Å²) in [5, 5.41) is 3.29. The fourth-order valence-corrected chi connectivity index (χ4v) is 2.47. The predicted octanol–water partition coefficient (Wildman–Crippen LogP) is 4.11. The molecule has 1 aromatic carbocycles. The van der Waals surface area contributed by atoms with Gasteiger partial charge in [-0.2, -0.15) is 0 Å². The number of nitrogens with one attached hydrogen (secondary N) is 1. The van der Waals surface area contributed by atoms with E-state index in [9.17, 15) is 0 Å². The number of pyridine rings is 1. The summed E-state index contributed by atoms with van der Waals surface area (Å²) >= 11 is 6.96. The van der Waals surface area contributed by atoms with Crippen molar-refractivity contribution in [1.29, 1.82) is 0 Å². The fourth-order valence-electron chi connectivity index (χ4n) is 1.55. The molecule has 1 aromatic heterocycles. The molecule has 0 saturated carbocycles. The number of aromatic nitrogens is 1. The summed E-state index contributed by atoms with van der Waals surface area (Å²) in [6, 6.07) is 8.16. The first-order chi connectivity index (χ1) is 8.58. The van der Waals surface area contributed by atoms with Gasteiger partial charge in [0.25, 0.3) is 0 Å². The van der Waals surface area contributed by atoms with E-state index >= 15 is 0 Å². The van der Waals surface area contributed by atoms with Crippen molar-refractivity contribution in [2.45, 2.75) is 13.5 Å². The summed E-state index contributed by atoms with van der Waals surface area (Å²) in [6.07, 6.45) is 1.67. The number of rotatable bonds is 3. The van der Waals surface area contributed by atoms with Crippen LogP contribution in [0.5, 0.6) is 0 Å². The molecule has 0 unspecified atom stereocenters. The molecule has 18 heavy (non-hydrogen) atoms. The van der Waals surface area contributed by atoms with Crippen LogP contribution in [0.1, 0.15) is 11.1 Å². The van der Waals surface area contributed by atoms with Crippen molar-refractivity contribution in [3.05, 3.63) is 50.5 Å². The Kier molecular flexibility index (Phi) is 4.24. The van der Waals surface area contributed by atoms with Crippen LogP contribution in [0, 0.1) is 6.92 Å². The average molecular weight is 371 g/mol. The van der Waals surface area contributed by atoms with Gasteiger partial charge >= 0.3 is 0 Å². The van der Waals surface area contributed by atoms with Crippen molar-refractivity contribution in [3.8, 4) is 0 Å². The van der Waals surface area contributed by atoms with Crippen molar-refractivity contribution >= 4 is 43.4 Å². The van der Waals surface area contributed by atoms with Crippen molar-refractivity contribution < 1.29 is 0 Å². The number of hydrogen-bond donors (Lipinski definition) is 2. The van der Waals surface area contributed by atoms with E-state index < -0.39 is 0 Å². The van der Waals surface area contributed by atoms with Crippen LogP contribution >= 0.6 is 31.9 Å². The molecule has 0 amide bonds. The van der Waals surface area contributed by atoms with Gasteiger partial charge in [-0.05, 0) is 46.1 Å². The lowest BCUT2D eigenvalue weighted by molar-refractivity contribution is 1.10. The minimum atomic E-state index is 0.690. The number of halogens is 2. The van der Waals surface area contributed by atoms with E-state index in [1.54, 1.807) is 6.20 Å². The number of nitrogens with zero attached hydrogens (tertiary/aromatic N) is 1. The number of hydrogen-bond acceptors (Lipinski definition) is 3. The molecule has 0 saturated heterocycles. The third kappa shape index (κ3) is 3.03. The summed E-state index contributed by atoms with van der Waals surface area (Å²) in [7, 11) is 0. The van der Waals surface area contributed by atoms with Gasteiger partial charge in [0, 0.05) is 11.0 Å². The molecule has 0 fully saturated rings. The summed E-state index contributed by atoms with van der Waals surface area (Å²) < 4.78 is 1.99. The Hall–Kier alpha value is -1.07. The third-order valence-electron chi connectivity index (χ3n) is 2.65. The number of nitrogens with two attached hydrogens (primary N) is 1. The fraction of sp³-hybridized carbons (Fsp3) is 0.154. The second-order valence-corrected chi connectivity index (χ2v) is 5.69. The van der Waals surface area contributed by atoms with E-state index in [2.05, 4.69) is 54.3 Å². The minimum Gasteiger partial charge on any atom is -0.397 e. The van der Waals surface area contributed by atoms with Gasteiger partial charge < -0.3 is 11.1 Å². The van der Waals surface area contributed by atoms with E-state index in [0.29, 0.717) is 12.2 Å². The van der Waals surface area contributed by atoms with Gasteiger partial charge in [-0.15, -0.1) is 0 Å². The molecule has 0 atom stereocenters. The Labute approximate surface area is 123 Å². The molecule has 0 aliphatic heterocycles. The SMILES string of the molecule is Cc1c(N)cnc(NCc2cccc(Br)c2)c1Br. The second-order valence-electron chi connectivity index (χ2n) is 3.98. The van der Waals surface area contributed by atoms with E-state index in [1.165, 1.54) is 5.56 Å². The maximum atomic E-state index is 5.79. The average Bonchev–Trinajstić information content (AvgIpc) is 2.35. The molecular weight excluding hydrogens is 358 g/mol. The van der Waals surface area contributed by atoms with Gasteiger partial charge in [0.1, 0.15) is 5.82 Å². The second kappa shape index (κ2) is 5.71. The molecule has 5 heteroatoms. The minimum absolute atomic E-state index is 0.690. The zero-order valence-electron chi connectivity index (χ0n) is 9.87. The largest absolute Gasteiger partial charge is 0.397 e. The van der Waals surface area contributed by atoms with Crippen LogP contribution < -0.4 is 11.1 Å². The van der Waals surface area contributed by atoms with Gasteiger partial charge in [0.15, 0.2) is 0 Å². The number of anilines is 2. The van der Waals surface area contributed by atoms with E-state index in [-0.39, 0.29) is 0 Å². The summed E-state index contributed by atoms with van der Waals surface area (Å²) in [5.74, 6) is 0.807. The van der Waals surface area contributed by atoms with E-state index in [4.69, 9.17) is 5.73 Å². The molecule has 0 bridgehead atoms. The van der Waals surface area contributed by atoms with Crippen molar-refractivity contribution in [3.63, 3.8) is 0 Å². The van der Waals surface area contributed by atoms with Crippen molar-refractivity contribution in [2.24, 2.45) is 0 Å². The Morgan fingerprint density at radius 2 is 2.11 bits per heavy atom. The Balaban J connectivity index is 2.14. The van der Waals surface area contributed by atoms with Gasteiger partial charge in [-0.3, -0.25) is 0 Å². The Morgan fingerprint density at radius 1 is 1.33 bits per heavy atom. The number of benzene rings is 1. The third-order valence-corrected chi connectivity index (χ3v) is 4.12. The zero-order valence-corrected chi connectivity index (χ0v) is 13.0. The van der Waals surface area contributed by atoms with Crippen molar-refractivity contribution in [2.75, 3.05) is 11.1 Å². The molecular formula is C13H13Br2N3. The normalized spacial score (nSPS) is 10.4. The topological polar surface area (TPSA) is 50.9 Å². The van der Waals surface area contributed by atoms with Crippen LogP contribution in [-0.2, 0) is 6.54 Å². The quantitative estimate of drug-likeness (QED) is 0.854.